The number of aromatic nitrogens is 2. The van der Waals surface area contributed by atoms with Gasteiger partial charge < -0.3 is 4.57 Å². The largest absolute Gasteiger partial charge is 0.316 e. The van der Waals surface area contributed by atoms with Crippen LogP contribution in [0.15, 0.2) is 40.4 Å². The SMILES string of the molecule is CC(C)n1c(SCc2cc(F)c(F)c(F)c2)nc2cc(S(=O)(=O)N3CCCC3)ccc21. The summed E-state index contributed by atoms with van der Waals surface area (Å²) in [7, 11) is -3.56. The molecule has 0 unspecified atom stereocenters. The summed E-state index contributed by atoms with van der Waals surface area (Å²) in [5.74, 6) is -3.77. The van der Waals surface area contributed by atoms with Crippen molar-refractivity contribution in [3.63, 3.8) is 0 Å². The van der Waals surface area contributed by atoms with E-state index in [9.17, 15) is 21.6 Å². The van der Waals surface area contributed by atoms with E-state index in [1.807, 2.05) is 18.4 Å². The van der Waals surface area contributed by atoms with Crippen LogP contribution in [-0.2, 0) is 15.8 Å². The molecule has 1 saturated heterocycles. The van der Waals surface area contributed by atoms with Crippen LogP contribution in [0.5, 0.6) is 0 Å². The summed E-state index contributed by atoms with van der Waals surface area (Å²) < 4.78 is 69.5. The fourth-order valence-corrected chi connectivity index (χ4v) is 6.35. The zero-order chi connectivity index (χ0) is 22.3. The smallest absolute Gasteiger partial charge is 0.243 e. The Morgan fingerprint density at radius 2 is 1.71 bits per heavy atom. The van der Waals surface area contributed by atoms with E-state index in [1.54, 1.807) is 18.2 Å². The number of benzene rings is 2. The Morgan fingerprint density at radius 3 is 2.32 bits per heavy atom. The fraction of sp³-hybridized carbons (Fsp3) is 0.381. The van der Waals surface area contributed by atoms with Crippen molar-refractivity contribution in [1.29, 1.82) is 0 Å². The first-order chi connectivity index (χ1) is 14.7. The molecule has 0 aliphatic carbocycles. The maximum Gasteiger partial charge on any atom is 0.243 e. The van der Waals surface area contributed by atoms with Gasteiger partial charge in [-0.15, -0.1) is 0 Å². The van der Waals surface area contributed by atoms with Gasteiger partial charge in [0.05, 0.1) is 15.9 Å². The van der Waals surface area contributed by atoms with Crippen molar-refractivity contribution in [1.82, 2.24) is 13.9 Å². The molecule has 0 spiro atoms. The molecule has 1 aliphatic rings. The zero-order valence-electron chi connectivity index (χ0n) is 17.1. The molecule has 1 fully saturated rings. The third-order valence-electron chi connectivity index (χ3n) is 5.26. The van der Waals surface area contributed by atoms with E-state index >= 15 is 0 Å². The molecule has 3 aromatic rings. The third kappa shape index (κ3) is 4.20. The molecule has 0 amide bonds. The van der Waals surface area contributed by atoms with Gasteiger partial charge in [-0.2, -0.15) is 4.31 Å². The van der Waals surface area contributed by atoms with Crippen molar-refractivity contribution in [3.05, 3.63) is 53.3 Å². The molecule has 1 aromatic heterocycles. The standard InChI is InChI=1S/C21H22F3N3O2S2/c1-13(2)27-19-6-5-15(31(28,29)26-7-3-4-8-26)11-18(19)25-21(27)30-12-14-9-16(22)20(24)17(23)10-14/h5-6,9-11,13H,3-4,7-8,12H2,1-2H3. The Morgan fingerprint density at radius 1 is 1.06 bits per heavy atom. The normalized spacial score (nSPS) is 15.4. The van der Waals surface area contributed by atoms with Crippen LogP contribution >= 0.6 is 11.8 Å². The lowest BCUT2D eigenvalue weighted by Crippen LogP contribution is -2.27. The summed E-state index contributed by atoms with van der Waals surface area (Å²) in [5, 5.41) is 0.589. The van der Waals surface area contributed by atoms with Gasteiger partial charge >= 0.3 is 0 Å². The van der Waals surface area contributed by atoms with E-state index in [1.165, 1.54) is 16.1 Å². The molecule has 31 heavy (non-hydrogen) atoms. The summed E-state index contributed by atoms with van der Waals surface area (Å²) in [5.41, 5.74) is 1.60. The van der Waals surface area contributed by atoms with Gasteiger partial charge in [-0.3, -0.25) is 0 Å². The summed E-state index contributed by atoms with van der Waals surface area (Å²) in [6, 6.07) is 6.87. The highest BCUT2D eigenvalue weighted by Crippen LogP contribution is 2.32. The lowest BCUT2D eigenvalue weighted by Gasteiger charge is -2.16. The van der Waals surface area contributed by atoms with E-state index in [2.05, 4.69) is 4.98 Å². The third-order valence-corrected chi connectivity index (χ3v) is 8.18. The van der Waals surface area contributed by atoms with E-state index < -0.39 is 27.5 Å². The second kappa shape index (κ2) is 8.48. The zero-order valence-corrected chi connectivity index (χ0v) is 18.7. The minimum Gasteiger partial charge on any atom is -0.316 e. The van der Waals surface area contributed by atoms with E-state index in [-0.39, 0.29) is 16.7 Å². The molecule has 10 heteroatoms. The minimum absolute atomic E-state index is 0.0234. The highest BCUT2D eigenvalue weighted by atomic mass is 32.2. The average Bonchev–Trinajstić information content (AvgIpc) is 3.37. The Bertz CT molecular complexity index is 1210. The lowest BCUT2D eigenvalue weighted by atomic mass is 10.2. The Labute approximate surface area is 183 Å². The van der Waals surface area contributed by atoms with Crippen molar-refractivity contribution >= 4 is 32.8 Å². The van der Waals surface area contributed by atoms with E-state index in [0.717, 1.165) is 30.5 Å². The monoisotopic (exact) mass is 469 g/mol. The Kier molecular flexibility index (Phi) is 6.06. The summed E-state index contributed by atoms with van der Waals surface area (Å²) in [4.78, 5) is 4.80. The highest BCUT2D eigenvalue weighted by Gasteiger charge is 2.28. The molecule has 0 saturated carbocycles. The van der Waals surface area contributed by atoms with Gasteiger partial charge in [-0.25, -0.2) is 26.6 Å². The van der Waals surface area contributed by atoms with Crippen LogP contribution in [0.4, 0.5) is 13.2 Å². The first kappa shape index (κ1) is 22.2. The number of imidazole rings is 1. The van der Waals surface area contributed by atoms with Crippen LogP contribution in [0, 0.1) is 17.5 Å². The molecule has 5 nitrogen and oxygen atoms in total. The van der Waals surface area contributed by atoms with Gasteiger partial charge in [0.15, 0.2) is 22.6 Å². The number of hydrogen-bond donors (Lipinski definition) is 0. The maximum absolute atomic E-state index is 13.5. The number of sulfonamides is 1. The number of hydrogen-bond acceptors (Lipinski definition) is 4. The van der Waals surface area contributed by atoms with Crippen LogP contribution < -0.4 is 0 Å². The topological polar surface area (TPSA) is 55.2 Å². The van der Waals surface area contributed by atoms with Crippen molar-refractivity contribution in [2.75, 3.05) is 13.1 Å². The highest BCUT2D eigenvalue weighted by molar-refractivity contribution is 7.98. The first-order valence-electron chi connectivity index (χ1n) is 9.97. The number of fused-ring (bicyclic) bond motifs is 1. The molecule has 4 rings (SSSR count). The number of thioether (sulfide) groups is 1. The summed E-state index contributed by atoms with van der Waals surface area (Å²) in [6.07, 6.45) is 1.71. The lowest BCUT2D eigenvalue weighted by molar-refractivity contribution is 0.446. The van der Waals surface area contributed by atoms with Crippen molar-refractivity contribution in [3.8, 4) is 0 Å². The molecule has 2 heterocycles. The Balaban J connectivity index is 1.68. The predicted octanol–water partition coefficient (Wildman–Crippen LogP) is 5.11. The van der Waals surface area contributed by atoms with Crippen molar-refractivity contribution in [2.45, 2.75) is 48.5 Å². The van der Waals surface area contributed by atoms with Gasteiger partial charge in [-0.05, 0) is 62.6 Å². The van der Waals surface area contributed by atoms with E-state index in [0.29, 0.717) is 29.3 Å². The van der Waals surface area contributed by atoms with E-state index in [4.69, 9.17) is 0 Å². The second-order valence-electron chi connectivity index (χ2n) is 7.78. The van der Waals surface area contributed by atoms with Gasteiger partial charge in [0.25, 0.3) is 0 Å². The van der Waals surface area contributed by atoms with Crippen LogP contribution in [0.3, 0.4) is 0 Å². The van der Waals surface area contributed by atoms with Gasteiger partial charge in [0.1, 0.15) is 0 Å². The molecule has 0 radical (unpaired) electrons. The molecular weight excluding hydrogens is 447 g/mol. The number of nitrogens with zero attached hydrogens (tertiary/aromatic N) is 3. The van der Waals surface area contributed by atoms with Crippen LogP contribution in [-0.4, -0.2) is 35.4 Å². The molecular formula is C21H22F3N3O2S2. The van der Waals surface area contributed by atoms with Crippen LogP contribution in [0.2, 0.25) is 0 Å². The Hall–Kier alpha value is -2.04. The molecule has 1 aliphatic heterocycles. The van der Waals surface area contributed by atoms with Gasteiger partial charge in [0.2, 0.25) is 10.0 Å². The number of rotatable bonds is 6. The predicted molar refractivity (Wildman–Crippen MR) is 114 cm³/mol. The molecule has 2 aromatic carbocycles. The maximum atomic E-state index is 13.5. The minimum atomic E-state index is -3.56. The second-order valence-corrected chi connectivity index (χ2v) is 10.7. The first-order valence-corrected chi connectivity index (χ1v) is 12.4. The average molecular weight is 470 g/mol. The summed E-state index contributed by atoms with van der Waals surface area (Å²) >= 11 is 1.25. The van der Waals surface area contributed by atoms with Crippen LogP contribution in [0.25, 0.3) is 11.0 Å². The summed E-state index contributed by atoms with van der Waals surface area (Å²) in [6.45, 7) is 4.98. The number of halogens is 3. The molecule has 0 N–H and O–H groups in total. The molecule has 0 bridgehead atoms. The quantitative estimate of drug-likeness (QED) is 0.372. The van der Waals surface area contributed by atoms with Crippen LogP contribution in [0.1, 0.15) is 38.3 Å². The van der Waals surface area contributed by atoms with Crippen molar-refractivity contribution < 1.29 is 21.6 Å². The fourth-order valence-electron chi connectivity index (χ4n) is 3.73. The van der Waals surface area contributed by atoms with Gasteiger partial charge in [0, 0.05) is 24.9 Å². The molecule has 0 atom stereocenters. The molecule has 166 valence electrons. The van der Waals surface area contributed by atoms with Crippen molar-refractivity contribution in [2.24, 2.45) is 0 Å². The van der Waals surface area contributed by atoms with Gasteiger partial charge in [-0.1, -0.05) is 11.8 Å².